The first kappa shape index (κ1) is 49.3. The van der Waals surface area contributed by atoms with Crippen LogP contribution in [0.5, 0.6) is 0 Å². The maximum atomic E-state index is 12.4. The molecule has 0 rings (SSSR count). The maximum absolute atomic E-state index is 12.4. The van der Waals surface area contributed by atoms with Crippen LogP contribution in [-0.4, -0.2) is 41.0 Å². The smallest absolute Gasteiger partial charge is 0.462 e. The lowest BCUT2D eigenvalue weighted by Crippen LogP contribution is -2.29. The Morgan fingerprint density at radius 3 is 1.35 bits per heavy atom. The molecule has 51 heavy (non-hydrogen) atoms. The number of phosphoric ester groups is 1. The second-order valence-electron chi connectivity index (χ2n) is 14.0. The fourth-order valence-electron chi connectivity index (χ4n) is 5.75. The molecule has 0 heterocycles. The summed E-state index contributed by atoms with van der Waals surface area (Å²) in [5.74, 6) is -0.900. The van der Waals surface area contributed by atoms with E-state index in [1.807, 2.05) is 0 Å². The quantitative estimate of drug-likeness (QED) is 0.0278. The highest BCUT2D eigenvalue weighted by molar-refractivity contribution is 7.46. The van der Waals surface area contributed by atoms with E-state index in [0.29, 0.717) is 12.8 Å². The number of ether oxygens (including phenoxy) is 2. The van der Waals surface area contributed by atoms with E-state index in [-0.39, 0.29) is 19.4 Å². The van der Waals surface area contributed by atoms with Crippen LogP contribution >= 0.6 is 7.82 Å². The summed E-state index contributed by atoms with van der Waals surface area (Å²) in [6, 6.07) is 0. The Hall–Kier alpha value is -1.73. The van der Waals surface area contributed by atoms with E-state index in [4.69, 9.17) is 19.3 Å². The number of esters is 2. The van der Waals surface area contributed by atoms with E-state index >= 15 is 0 Å². The van der Waals surface area contributed by atoms with Gasteiger partial charge in [-0.15, -0.1) is 0 Å². The van der Waals surface area contributed by atoms with Crippen LogP contribution in [0.15, 0.2) is 36.5 Å². The van der Waals surface area contributed by atoms with Crippen molar-refractivity contribution in [3.05, 3.63) is 36.5 Å². The standard InChI is InChI=1S/C42H77O8P/c1-3-5-7-9-11-13-15-17-19-21-23-25-27-29-31-33-35-37-42(44)50-40(39-49-51(45,46)47)38-48-41(43)36-34-32-30-28-26-24-22-20-18-16-14-12-10-8-6-4-2/h11,13,17,19-20,22,40H,3-10,12,14-16,18,21,23-39H2,1-2H3,(H2,45,46,47)/b13-11-,19-17-,22-20-/t40-/m1/s1. The lowest BCUT2D eigenvalue weighted by Gasteiger charge is -2.18. The summed E-state index contributed by atoms with van der Waals surface area (Å²) in [6.45, 7) is 3.65. The zero-order valence-corrected chi connectivity index (χ0v) is 33.6. The van der Waals surface area contributed by atoms with Crippen LogP contribution in [0.2, 0.25) is 0 Å². The van der Waals surface area contributed by atoms with Gasteiger partial charge in [0.2, 0.25) is 0 Å². The van der Waals surface area contributed by atoms with Gasteiger partial charge in [-0.2, -0.15) is 0 Å². The first-order valence-corrected chi connectivity index (χ1v) is 22.3. The highest BCUT2D eigenvalue weighted by atomic mass is 31.2. The van der Waals surface area contributed by atoms with Crippen molar-refractivity contribution in [1.29, 1.82) is 0 Å². The molecule has 0 aliphatic heterocycles. The van der Waals surface area contributed by atoms with Crippen molar-refractivity contribution in [3.63, 3.8) is 0 Å². The van der Waals surface area contributed by atoms with Gasteiger partial charge in [0, 0.05) is 12.8 Å². The van der Waals surface area contributed by atoms with Gasteiger partial charge in [-0.3, -0.25) is 14.1 Å². The Labute approximate surface area is 312 Å². The Kier molecular flexibility index (Phi) is 36.7. The number of unbranched alkanes of at least 4 members (excludes halogenated alkanes) is 22. The molecule has 0 unspecified atom stereocenters. The van der Waals surface area contributed by atoms with Gasteiger partial charge in [0.25, 0.3) is 0 Å². The van der Waals surface area contributed by atoms with Gasteiger partial charge in [-0.25, -0.2) is 4.57 Å². The molecule has 0 fully saturated rings. The van der Waals surface area contributed by atoms with E-state index in [0.717, 1.165) is 64.2 Å². The highest BCUT2D eigenvalue weighted by Gasteiger charge is 2.22. The normalized spacial score (nSPS) is 12.8. The van der Waals surface area contributed by atoms with Gasteiger partial charge in [0.15, 0.2) is 6.10 Å². The SMILES string of the molecule is CCCCC/C=C\C/C=C\CCCCCCCCCC(=O)O[C@H](COC(=O)CCCCCCC/C=C\CCCCCCCCC)COP(=O)(O)O. The van der Waals surface area contributed by atoms with Crippen LogP contribution in [0.25, 0.3) is 0 Å². The molecule has 0 aliphatic rings. The average Bonchev–Trinajstić information content (AvgIpc) is 3.10. The molecule has 0 saturated carbocycles. The van der Waals surface area contributed by atoms with E-state index in [1.54, 1.807) is 0 Å². The van der Waals surface area contributed by atoms with Crippen molar-refractivity contribution in [1.82, 2.24) is 0 Å². The average molecular weight is 741 g/mol. The Morgan fingerprint density at radius 2 is 0.882 bits per heavy atom. The van der Waals surface area contributed by atoms with Crippen molar-refractivity contribution >= 4 is 19.8 Å². The maximum Gasteiger partial charge on any atom is 0.469 e. The summed E-state index contributed by atoms with van der Waals surface area (Å²) in [4.78, 5) is 42.8. The molecule has 0 bridgehead atoms. The number of allylic oxidation sites excluding steroid dienone is 6. The largest absolute Gasteiger partial charge is 0.469 e. The third kappa shape index (κ3) is 40.9. The molecule has 0 aromatic carbocycles. The minimum atomic E-state index is -4.76. The van der Waals surface area contributed by atoms with Crippen LogP contribution in [0.1, 0.15) is 200 Å². The second-order valence-corrected chi connectivity index (χ2v) is 15.2. The van der Waals surface area contributed by atoms with Gasteiger partial charge < -0.3 is 19.3 Å². The molecular formula is C42H77O8P. The number of rotatable bonds is 38. The summed E-state index contributed by atoms with van der Waals surface area (Å²) in [5.41, 5.74) is 0. The van der Waals surface area contributed by atoms with Crippen molar-refractivity contribution in [2.45, 2.75) is 206 Å². The first-order chi connectivity index (χ1) is 24.8. The summed E-state index contributed by atoms with van der Waals surface area (Å²) in [7, 11) is -4.76. The summed E-state index contributed by atoms with van der Waals surface area (Å²) >= 11 is 0. The number of hydrogen-bond acceptors (Lipinski definition) is 6. The molecule has 0 aromatic heterocycles. The molecule has 1 atom stereocenters. The molecule has 0 radical (unpaired) electrons. The minimum absolute atomic E-state index is 0.202. The first-order valence-electron chi connectivity index (χ1n) is 20.8. The van der Waals surface area contributed by atoms with Crippen molar-refractivity contribution in [2.75, 3.05) is 13.2 Å². The van der Waals surface area contributed by atoms with Gasteiger partial charge in [0.1, 0.15) is 6.61 Å². The summed E-state index contributed by atoms with van der Waals surface area (Å²) < 4.78 is 26.4. The molecule has 2 N–H and O–H groups in total. The van der Waals surface area contributed by atoms with Crippen LogP contribution in [-0.2, 0) is 28.2 Å². The van der Waals surface area contributed by atoms with Crippen molar-refractivity contribution in [3.8, 4) is 0 Å². The molecule has 0 saturated heterocycles. The molecular weight excluding hydrogens is 663 g/mol. The topological polar surface area (TPSA) is 119 Å². The van der Waals surface area contributed by atoms with E-state index < -0.39 is 32.5 Å². The van der Waals surface area contributed by atoms with E-state index in [1.165, 1.54) is 96.3 Å². The number of hydrogen-bond donors (Lipinski definition) is 2. The van der Waals surface area contributed by atoms with Crippen molar-refractivity contribution in [2.24, 2.45) is 0 Å². The third-order valence-electron chi connectivity index (χ3n) is 8.88. The van der Waals surface area contributed by atoms with Gasteiger partial charge in [-0.05, 0) is 70.6 Å². The molecule has 0 aliphatic carbocycles. The fourth-order valence-corrected chi connectivity index (χ4v) is 6.11. The Bertz CT molecular complexity index is 926. The predicted molar refractivity (Wildman–Crippen MR) is 211 cm³/mol. The van der Waals surface area contributed by atoms with E-state index in [2.05, 4.69) is 54.8 Å². The molecule has 0 amide bonds. The molecule has 9 heteroatoms. The molecule has 8 nitrogen and oxygen atoms in total. The van der Waals surface area contributed by atoms with Gasteiger partial charge in [0.05, 0.1) is 6.61 Å². The lowest BCUT2D eigenvalue weighted by atomic mass is 10.1. The van der Waals surface area contributed by atoms with Crippen LogP contribution in [0.3, 0.4) is 0 Å². The molecule has 0 spiro atoms. The zero-order chi connectivity index (χ0) is 37.5. The van der Waals surface area contributed by atoms with Crippen LogP contribution in [0, 0.1) is 0 Å². The second kappa shape index (κ2) is 38.0. The van der Waals surface area contributed by atoms with Gasteiger partial charge >= 0.3 is 19.8 Å². The Balaban J connectivity index is 3.95. The third-order valence-corrected chi connectivity index (χ3v) is 9.37. The lowest BCUT2D eigenvalue weighted by molar-refractivity contribution is -0.161. The van der Waals surface area contributed by atoms with Gasteiger partial charge in [-0.1, -0.05) is 153 Å². The minimum Gasteiger partial charge on any atom is -0.462 e. The predicted octanol–water partition coefficient (Wildman–Crippen LogP) is 12.6. The van der Waals surface area contributed by atoms with Crippen LogP contribution < -0.4 is 0 Å². The molecule has 298 valence electrons. The molecule has 0 aromatic rings. The van der Waals surface area contributed by atoms with Crippen molar-refractivity contribution < 1.29 is 37.9 Å². The van der Waals surface area contributed by atoms with Crippen LogP contribution in [0.4, 0.5) is 0 Å². The Morgan fingerprint density at radius 1 is 0.510 bits per heavy atom. The highest BCUT2D eigenvalue weighted by Crippen LogP contribution is 2.36. The number of carbonyl (C=O) groups excluding carboxylic acids is 2. The fraction of sp³-hybridized carbons (Fsp3) is 0.810. The monoisotopic (exact) mass is 741 g/mol. The van der Waals surface area contributed by atoms with E-state index in [9.17, 15) is 14.2 Å². The number of phosphoric acid groups is 1. The summed E-state index contributed by atoms with van der Waals surface area (Å²) in [6.07, 6.45) is 44.3. The number of carbonyl (C=O) groups is 2. The summed E-state index contributed by atoms with van der Waals surface area (Å²) in [5, 5.41) is 0. The zero-order valence-electron chi connectivity index (χ0n) is 32.8.